The van der Waals surface area contributed by atoms with Crippen LogP contribution >= 0.6 is 0 Å². The molecule has 2 rings (SSSR count). The average molecular weight is 283 g/mol. The van der Waals surface area contributed by atoms with Crippen molar-refractivity contribution in [2.75, 3.05) is 25.7 Å². The van der Waals surface area contributed by atoms with Gasteiger partial charge in [0.1, 0.15) is 5.82 Å². The first-order chi connectivity index (χ1) is 10.1. The molecule has 0 aliphatic heterocycles. The van der Waals surface area contributed by atoms with Crippen molar-refractivity contribution < 1.29 is 9.47 Å². The van der Waals surface area contributed by atoms with Crippen LogP contribution in [0.15, 0.2) is 18.3 Å². The van der Waals surface area contributed by atoms with Gasteiger partial charge in [-0.25, -0.2) is 4.98 Å². The molecule has 0 saturated heterocycles. The number of rotatable bonds is 4. The van der Waals surface area contributed by atoms with Crippen LogP contribution in [0.25, 0.3) is 0 Å². The number of ether oxygens (including phenoxy) is 2. The van der Waals surface area contributed by atoms with Gasteiger partial charge in [-0.05, 0) is 30.0 Å². The first-order valence-corrected chi connectivity index (χ1v) is 6.13. The Labute approximate surface area is 123 Å². The minimum absolute atomic E-state index is 0.136. The van der Waals surface area contributed by atoms with Crippen LogP contribution in [-0.2, 0) is 6.42 Å². The summed E-state index contributed by atoms with van der Waals surface area (Å²) in [6, 6.07) is 3.60. The first-order valence-electron chi connectivity index (χ1n) is 6.13. The Morgan fingerprint density at radius 2 is 2.00 bits per heavy atom. The number of hydrogen-bond acceptors (Lipinski definition) is 6. The van der Waals surface area contributed by atoms with Gasteiger partial charge in [0, 0.05) is 18.2 Å². The molecule has 0 unspecified atom stereocenters. The lowest BCUT2D eigenvalue weighted by Gasteiger charge is -2.12. The molecule has 0 aliphatic carbocycles. The Balaban J connectivity index is 2.43. The lowest BCUT2D eigenvalue weighted by atomic mass is 10.0. The van der Waals surface area contributed by atoms with E-state index in [0.29, 0.717) is 29.3 Å². The van der Waals surface area contributed by atoms with Gasteiger partial charge in [-0.15, -0.1) is 0 Å². The molecule has 6 nitrogen and oxygen atoms in total. The molecule has 4 N–H and O–H groups in total. The monoisotopic (exact) mass is 283 g/mol. The highest BCUT2D eigenvalue weighted by molar-refractivity contribution is 5.56. The smallest absolute Gasteiger partial charge is 0.221 e. The van der Waals surface area contributed by atoms with E-state index in [1.807, 2.05) is 6.07 Å². The summed E-state index contributed by atoms with van der Waals surface area (Å²) in [5.41, 5.74) is 13.4. The van der Waals surface area contributed by atoms with E-state index in [-0.39, 0.29) is 5.95 Å². The molecule has 1 radical (unpaired) electrons. The summed E-state index contributed by atoms with van der Waals surface area (Å²) in [6.07, 6.45) is 9.43. The third-order valence-corrected chi connectivity index (χ3v) is 2.98. The number of nitrogen functional groups attached to an aromatic ring is 2. The molecule has 2 aromatic rings. The summed E-state index contributed by atoms with van der Waals surface area (Å²) in [5.74, 6) is 3.80. The number of benzene rings is 1. The van der Waals surface area contributed by atoms with Crippen molar-refractivity contribution in [1.82, 2.24) is 9.97 Å². The summed E-state index contributed by atoms with van der Waals surface area (Å²) < 4.78 is 10.5. The SMILES string of the molecule is [C]#Cc1cc(Cc2cnc(N)nc2N)cc(OC)c1OC. The fourth-order valence-electron chi connectivity index (χ4n) is 2.01. The minimum Gasteiger partial charge on any atom is -0.493 e. The van der Waals surface area contributed by atoms with E-state index in [1.165, 1.54) is 14.2 Å². The lowest BCUT2D eigenvalue weighted by molar-refractivity contribution is 0.354. The zero-order valence-corrected chi connectivity index (χ0v) is 11.8. The predicted molar refractivity (Wildman–Crippen MR) is 79.4 cm³/mol. The Bertz CT molecular complexity index is 708. The number of anilines is 2. The summed E-state index contributed by atoms with van der Waals surface area (Å²) in [4.78, 5) is 7.86. The number of nitrogens with zero attached hydrogens (tertiary/aromatic N) is 2. The summed E-state index contributed by atoms with van der Waals surface area (Å²) >= 11 is 0. The van der Waals surface area contributed by atoms with Gasteiger partial charge in [-0.1, -0.05) is 0 Å². The molecule has 0 atom stereocenters. The van der Waals surface area contributed by atoms with E-state index in [1.54, 1.807) is 12.3 Å². The van der Waals surface area contributed by atoms with E-state index >= 15 is 0 Å². The predicted octanol–water partition coefficient (Wildman–Crippen LogP) is 1.19. The first kappa shape index (κ1) is 14.5. The van der Waals surface area contributed by atoms with Crippen LogP contribution in [0.3, 0.4) is 0 Å². The molecule has 1 aromatic carbocycles. The number of aromatic nitrogens is 2. The lowest BCUT2D eigenvalue weighted by Crippen LogP contribution is -2.04. The molecule has 21 heavy (non-hydrogen) atoms. The van der Waals surface area contributed by atoms with Gasteiger partial charge < -0.3 is 20.9 Å². The quantitative estimate of drug-likeness (QED) is 0.818. The van der Waals surface area contributed by atoms with E-state index in [4.69, 9.17) is 27.4 Å². The van der Waals surface area contributed by atoms with Crippen LogP contribution in [0.2, 0.25) is 0 Å². The molecular formula is C15H15N4O2. The minimum atomic E-state index is 0.136. The normalized spacial score (nSPS) is 9.95. The average Bonchev–Trinajstić information content (AvgIpc) is 2.49. The van der Waals surface area contributed by atoms with E-state index in [0.717, 1.165) is 11.1 Å². The molecule has 6 heteroatoms. The fourth-order valence-corrected chi connectivity index (χ4v) is 2.01. The highest BCUT2D eigenvalue weighted by Crippen LogP contribution is 2.33. The van der Waals surface area contributed by atoms with Crippen molar-refractivity contribution in [2.45, 2.75) is 6.42 Å². The van der Waals surface area contributed by atoms with Gasteiger partial charge in [0.05, 0.1) is 19.8 Å². The topological polar surface area (TPSA) is 96.3 Å². The van der Waals surface area contributed by atoms with E-state index in [9.17, 15) is 0 Å². The zero-order valence-electron chi connectivity index (χ0n) is 11.8. The van der Waals surface area contributed by atoms with Crippen molar-refractivity contribution >= 4 is 11.8 Å². The van der Waals surface area contributed by atoms with Gasteiger partial charge in [0.25, 0.3) is 0 Å². The number of nitrogens with two attached hydrogens (primary N) is 2. The van der Waals surface area contributed by atoms with Crippen LogP contribution in [0.1, 0.15) is 16.7 Å². The maximum atomic E-state index is 7.35. The molecule has 0 aliphatic rings. The van der Waals surface area contributed by atoms with Crippen LogP contribution in [0, 0.1) is 12.3 Å². The molecule has 1 aromatic heterocycles. The summed E-state index contributed by atoms with van der Waals surface area (Å²) in [7, 11) is 3.06. The van der Waals surface area contributed by atoms with Gasteiger partial charge in [0.15, 0.2) is 11.5 Å². The molecule has 0 spiro atoms. The number of hydrogen-bond donors (Lipinski definition) is 2. The van der Waals surface area contributed by atoms with Crippen LogP contribution in [0.5, 0.6) is 11.5 Å². The maximum Gasteiger partial charge on any atom is 0.221 e. The second-order valence-corrected chi connectivity index (χ2v) is 4.32. The largest absolute Gasteiger partial charge is 0.493 e. The third kappa shape index (κ3) is 2.98. The molecule has 107 valence electrons. The Kier molecular flexibility index (Phi) is 4.14. The van der Waals surface area contributed by atoms with E-state index in [2.05, 4.69) is 15.9 Å². The van der Waals surface area contributed by atoms with Gasteiger partial charge in [0.2, 0.25) is 5.95 Å². The van der Waals surface area contributed by atoms with Gasteiger partial charge >= 0.3 is 0 Å². The Hall–Kier alpha value is -2.94. The number of methoxy groups -OCH3 is 2. The summed E-state index contributed by atoms with van der Waals surface area (Å²) in [5, 5.41) is 0. The Morgan fingerprint density at radius 1 is 1.24 bits per heavy atom. The highest BCUT2D eigenvalue weighted by atomic mass is 16.5. The zero-order chi connectivity index (χ0) is 15.4. The molecular weight excluding hydrogens is 268 g/mol. The van der Waals surface area contributed by atoms with E-state index < -0.39 is 0 Å². The molecule has 1 heterocycles. The van der Waals surface area contributed by atoms with Crippen molar-refractivity contribution in [2.24, 2.45) is 0 Å². The molecule has 0 bridgehead atoms. The van der Waals surface area contributed by atoms with Crippen LogP contribution in [-0.4, -0.2) is 24.2 Å². The van der Waals surface area contributed by atoms with Crippen molar-refractivity contribution in [3.8, 4) is 17.4 Å². The second-order valence-electron chi connectivity index (χ2n) is 4.32. The molecule has 0 saturated carbocycles. The maximum absolute atomic E-state index is 7.35. The van der Waals surface area contributed by atoms with Gasteiger partial charge in [-0.3, -0.25) is 0 Å². The van der Waals surface area contributed by atoms with Crippen molar-refractivity contribution in [3.05, 3.63) is 41.4 Å². The van der Waals surface area contributed by atoms with Crippen LogP contribution < -0.4 is 20.9 Å². The van der Waals surface area contributed by atoms with Crippen molar-refractivity contribution in [3.63, 3.8) is 0 Å². The van der Waals surface area contributed by atoms with Gasteiger partial charge in [-0.2, -0.15) is 4.98 Å². The molecule has 0 fully saturated rings. The van der Waals surface area contributed by atoms with Crippen molar-refractivity contribution in [1.29, 1.82) is 0 Å². The molecule has 0 amide bonds. The fraction of sp³-hybridized carbons (Fsp3) is 0.200. The second kappa shape index (κ2) is 6.01. The third-order valence-electron chi connectivity index (χ3n) is 2.98. The standard InChI is InChI=1S/C15H15N4O2/c1-4-10-5-9(7-12(20-2)13(10)21-3)6-11-8-18-15(17)19-14(11)16/h5,7-8H,6H2,2-3H3,(H4,16,17,18,19). The highest BCUT2D eigenvalue weighted by Gasteiger charge is 2.12. The summed E-state index contributed by atoms with van der Waals surface area (Å²) in [6.45, 7) is 0. The Morgan fingerprint density at radius 3 is 2.57 bits per heavy atom. The van der Waals surface area contributed by atoms with Crippen LogP contribution in [0.4, 0.5) is 11.8 Å².